The number of morpholine rings is 2. The summed E-state index contributed by atoms with van der Waals surface area (Å²) in [5, 5.41) is 20.0. The number of benzene rings is 6. The third kappa shape index (κ3) is 20.1. The number of hydrogen-bond donors (Lipinski definition) is 3. The molecule has 0 saturated carbocycles. The molecule has 0 bridgehead atoms. The molecule has 5 heterocycles. The first-order chi connectivity index (χ1) is 44.6. The van der Waals surface area contributed by atoms with E-state index in [-0.39, 0.29) is 58.2 Å². The van der Waals surface area contributed by atoms with Gasteiger partial charge in [-0.15, -0.1) is 0 Å². The van der Waals surface area contributed by atoms with E-state index in [1.54, 1.807) is 94.0 Å². The van der Waals surface area contributed by atoms with Crippen LogP contribution in [0.25, 0.3) is 33.4 Å². The topological polar surface area (TPSA) is 244 Å². The number of nitrogens with one attached hydrogen (secondary N) is 3. The summed E-state index contributed by atoms with van der Waals surface area (Å²) in [5.41, 5.74) is 8.32. The maximum atomic E-state index is 13.2. The van der Waals surface area contributed by atoms with E-state index in [0.717, 1.165) is 62.3 Å². The number of halogens is 1. The normalized spacial score (nSPS) is 12.8. The van der Waals surface area contributed by atoms with Gasteiger partial charge in [0.2, 0.25) is 0 Å². The number of aromatic carboxylic acids is 1. The summed E-state index contributed by atoms with van der Waals surface area (Å²) in [6, 6.07) is 49.5. The minimum Gasteiger partial charge on any atom is -0.545 e. The predicted molar refractivity (Wildman–Crippen MR) is 361 cm³/mol. The number of pyridine rings is 3. The van der Waals surface area contributed by atoms with E-state index in [1.165, 1.54) is 24.7 Å². The monoisotopic (exact) mass is 1340 g/mol. The largest absolute Gasteiger partial charge is 1.00 e. The zero-order valence-electron chi connectivity index (χ0n) is 53.3. The Kier molecular flexibility index (Phi) is 24.7. The number of carboxylic acids is 1. The van der Waals surface area contributed by atoms with Gasteiger partial charge in [-0.3, -0.25) is 29.3 Å². The van der Waals surface area contributed by atoms with E-state index < -0.39 is 35.0 Å². The fourth-order valence-electron chi connectivity index (χ4n) is 9.77. The number of esters is 2. The SMILES string of the molecule is CC(C)(C)OC(=O)c1ccc(Br)cc1NC(=O)c1cncc(-c2ccccc2)c1.CC(C)(C)OC(=O)c1ccc(N2CCOCC2)cc1NC(=O)c1cncc(-c2ccccc2)c1.O=C(Nc1cc(N2CCOCC2)ccc1C(=O)[O-])c1cncc(-c2ccccc2)c1.[Na+]. The zero-order chi connectivity index (χ0) is 66.1. The second kappa shape index (κ2) is 32.9. The van der Waals surface area contributed by atoms with Gasteiger partial charge in [0.05, 0.1) is 77.3 Å². The fourth-order valence-corrected chi connectivity index (χ4v) is 10.1. The van der Waals surface area contributed by atoms with Gasteiger partial charge in [-0.25, -0.2) is 9.59 Å². The molecule has 0 aliphatic carbocycles. The van der Waals surface area contributed by atoms with Crippen LogP contribution in [0.5, 0.6) is 0 Å². The van der Waals surface area contributed by atoms with Crippen molar-refractivity contribution in [3.8, 4) is 33.4 Å². The van der Waals surface area contributed by atoms with Crippen molar-refractivity contribution in [3.05, 3.63) is 239 Å². The van der Waals surface area contributed by atoms with Gasteiger partial charge in [-0.05, 0) is 131 Å². The van der Waals surface area contributed by atoms with Crippen LogP contribution >= 0.6 is 15.9 Å². The summed E-state index contributed by atoms with van der Waals surface area (Å²) in [6.45, 7) is 16.1. The number of carbonyl (C=O) groups excluding carboxylic acids is 6. The van der Waals surface area contributed by atoms with Gasteiger partial charge in [0.1, 0.15) is 11.2 Å². The predicted octanol–water partition coefficient (Wildman–Crippen LogP) is 9.72. The molecule has 3 N–H and O–H groups in total. The van der Waals surface area contributed by atoms with E-state index in [1.807, 2.05) is 124 Å². The van der Waals surface area contributed by atoms with Crippen LogP contribution in [0.1, 0.15) is 104 Å². The van der Waals surface area contributed by atoms with E-state index in [4.69, 9.17) is 18.9 Å². The van der Waals surface area contributed by atoms with Gasteiger partial charge in [-0.2, -0.15) is 0 Å². The smallest absolute Gasteiger partial charge is 0.545 e. The number of nitrogens with zero attached hydrogens (tertiary/aromatic N) is 5. The Bertz CT molecular complexity index is 4120. The van der Waals surface area contributed by atoms with Crippen LogP contribution in [0.15, 0.2) is 205 Å². The molecule has 3 aromatic heterocycles. The van der Waals surface area contributed by atoms with Crippen molar-refractivity contribution >= 4 is 80.0 Å². The molecule has 94 heavy (non-hydrogen) atoms. The number of carbonyl (C=O) groups is 6. The van der Waals surface area contributed by atoms with Crippen LogP contribution in [0.3, 0.4) is 0 Å². The van der Waals surface area contributed by atoms with Crippen molar-refractivity contribution < 1.29 is 82.4 Å². The van der Waals surface area contributed by atoms with Gasteiger partial charge in [0, 0.05) is 101 Å². The van der Waals surface area contributed by atoms with Crippen molar-refractivity contribution in [1.29, 1.82) is 0 Å². The van der Waals surface area contributed by atoms with Gasteiger partial charge in [0.25, 0.3) is 17.7 Å². The number of anilines is 5. The van der Waals surface area contributed by atoms with Crippen molar-refractivity contribution in [2.75, 3.05) is 78.4 Å². The molecule has 2 fully saturated rings. The second-order valence-electron chi connectivity index (χ2n) is 23.5. The molecular formula is C73H70BrN8NaO11. The van der Waals surface area contributed by atoms with Crippen LogP contribution < -0.4 is 60.4 Å². The number of carboxylic acid groups (broad SMARTS) is 1. The quantitative estimate of drug-likeness (QED) is 0.0677. The van der Waals surface area contributed by atoms with Crippen molar-refractivity contribution in [2.45, 2.75) is 52.7 Å². The van der Waals surface area contributed by atoms with Gasteiger partial charge in [-0.1, -0.05) is 107 Å². The minimum absolute atomic E-state index is 0. The Morgan fingerprint density at radius 2 is 0.745 bits per heavy atom. The van der Waals surface area contributed by atoms with Crippen LogP contribution in [0.2, 0.25) is 0 Å². The molecule has 0 spiro atoms. The molecule has 0 radical (unpaired) electrons. The molecule has 2 saturated heterocycles. The van der Waals surface area contributed by atoms with Crippen LogP contribution in [-0.2, 0) is 18.9 Å². The summed E-state index contributed by atoms with van der Waals surface area (Å²) >= 11 is 3.38. The summed E-state index contributed by atoms with van der Waals surface area (Å²) in [6.07, 6.45) is 9.56. The first kappa shape index (κ1) is 70.5. The Hall–Kier alpha value is -9.41. The Balaban J connectivity index is 0.000000181. The molecule has 0 unspecified atom stereocenters. The molecule has 9 aromatic rings. The van der Waals surface area contributed by atoms with Crippen LogP contribution in [-0.4, -0.2) is 114 Å². The number of rotatable bonds is 14. The molecule has 21 heteroatoms. The zero-order valence-corrected chi connectivity index (χ0v) is 56.9. The molecule has 2 aliphatic heterocycles. The Morgan fingerprint density at radius 1 is 0.426 bits per heavy atom. The average molecular weight is 1340 g/mol. The standard InChI is InChI=1S/C27H29N3O4.C23H21BrN2O3.C23H21N3O4.Na/c1-27(2,3)34-26(32)23-10-9-22(30-11-13-33-14-12-30)16-24(23)29-25(31)21-15-20(17-28-18-21)19-7-5-4-6-8-19;1-23(2,3)29-22(28)19-10-9-18(24)12-20(19)26-21(27)17-11-16(13-25-14-17)15-7-5-4-6-8-15;27-22(18-12-17(14-24-15-18)16-4-2-1-3-5-16)25-21-13-19(6-7-20(21)23(28)29)26-8-10-30-11-9-26;/h4-10,15-18H,11-14H2,1-3H3,(H,29,31);4-14H,1-3H3,(H,26,27);1-7,12-15H,8-11H2,(H,25,27)(H,28,29);/q;;;+1/p-1. The minimum atomic E-state index is -1.35. The van der Waals surface area contributed by atoms with E-state index in [9.17, 15) is 33.9 Å². The number of amides is 3. The Morgan fingerprint density at radius 3 is 1.09 bits per heavy atom. The maximum absolute atomic E-state index is 13.2. The van der Waals surface area contributed by atoms with E-state index in [0.29, 0.717) is 73.1 Å². The van der Waals surface area contributed by atoms with Crippen molar-refractivity contribution in [2.24, 2.45) is 0 Å². The molecule has 6 aromatic carbocycles. The summed E-state index contributed by atoms with van der Waals surface area (Å²) in [7, 11) is 0. The molecule has 476 valence electrons. The summed E-state index contributed by atoms with van der Waals surface area (Å²) < 4.78 is 22.6. The van der Waals surface area contributed by atoms with Crippen LogP contribution in [0.4, 0.5) is 28.4 Å². The summed E-state index contributed by atoms with van der Waals surface area (Å²) in [4.78, 5) is 92.8. The van der Waals surface area contributed by atoms with Crippen LogP contribution in [0, 0.1) is 0 Å². The van der Waals surface area contributed by atoms with Gasteiger partial charge in [0.15, 0.2) is 0 Å². The molecular weight excluding hydrogens is 1270 g/mol. The van der Waals surface area contributed by atoms with E-state index in [2.05, 4.69) is 56.6 Å². The fraction of sp³-hybridized carbons (Fsp3) is 0.219. The molecule has 19 nitrogen and oxygen atoms in total. The average Bonchev–Trinajstić information content (AvgIpc) is 0.841. The molecule has 11 rings (SSSR count). The van der Waals surface area contributed by atoms with E-state index >= 15 is 0 Å². The summed E-state index contributed by atoms with van der Waals surface area (Å²) in [5.74, 6) is -3.51. The third-order valence-corrected chi connectivity index (χ3v) is 14.8. The van der Waals surface area contributed by atoms with Gasteiger partial charge >= 0.3 is 41.5 Å². The second-order valence-corrected chi connectivity index (χ2v) is 24.4. The first-order valence-electron chi connectivity index (χ1n) is 30.0. The van der Waals surface area contributed by atoms with Crippen molar-refractivity contribution in [3.63, 3.8) is 0 Å². The molecule has 2 aliphatic rings. The molecule has 0 atom stereocenters. The number of ether oxygens (including phenoxy) is 4. The first-order valence-corrected chi connectivity index (χ1v) is 30.8. The number of aromatic nitrogens is 3. The number of hydrogen-bond acceptors (Lipinski definition) is 16. The van der Waals surface area contributed by atoms with Gasteiger partial charge < -0.3 is 54.6 Å². The maximum Gasteiger partial charge on any atom is 1.00 e. The Labute approximate surface area is 576 Å². The molecule has 3 amide bonds. The third-order valence-electron chi connectivity index (χ3n) is 14.3. The van der Waals surface area contributed by atoms with Crippen molar-refractivity contribution in [1.82, 2.24) is 15.0 Å².